The third kappa shape index (κ3) is 1.05. The monoisotopic (exact) mass is 215 g/mol. The van der Waals surface area contributed by atoms with Gasteiger partial charge in [-0.3, -0.25) is 4.68 Å². The predicted molar refractivity (Wildman–Crippen MR) is 47.7 cm³/mol. The number of hydrogen-bond acceptors (Lipinski definition) is 2. The van der Waals surface area contributed by atoms with Crippen LogP contribution in [0.5, 0.6) is 0 Å². The van der Waals surface area contributed by atoms with E-state index in [4.69, 9.17) is 0 Å². The van der Waals surface area contributed by atoms with Crippen molar-refractivity contribution >= 4 is 21.7 Å². The maximum atomic E-state index is 4.26. The lowest BCUT2D eigenvalue weighted by atomic mass is 10.1. The van der Waals surface area contributed by atoms with Gasteiger partial charge < -0.3 is 5.32 Å². The second-order valence-corrected chi connectivity index (χ2v) is 3.52. The number of aryl methyl sites for hydroxylation is 1. The molecule has 2 heterocycles. The van der Waals surface area contributed by atoms with Crippen molar-refractivity contribution in [1.82, 2.24) is 9.78 Å². The van der Waals surface area contributed by atoms with Crippen LogP contribution in [-0.2, 0) is 13.5 Å². The summed E-state index contributed by atoms with van der Waals surface area (Å²) in [4.78, 5) is 0. The molecule has 0 spiro atoms. The van der Waals surface area contributed by atoms with Crippen LogP contribution in [0.4, 0.5) is 5.82 Å². The molecule has 0 radical (unpaired) electrons. The molecule has 0 aliphatic carbocycles. The Hall–Kier alpha value is -0.510. The molecule has 4 heteroatoms. The number of rotatable bonds is 0. The van der Waals surface area contributed by atoms with Gasteiger partial charge in [-0.05, 0) is 28.8 Å². The predicted octanol–water partition coefficient (Wildman–Crippen LogP) is 1.54. The Balaban J connectivity index is 2.52. The van der Waals surface area contributed by atoms with E-state index in [-0.39, 0.29) is 0 Å². The average molecular weight is 216 g/mol. The highest BCUT2D eigenvalue weighted by atomic mass is 79.9. The van der Waals surface area contributed by atoms with Gasteiger partial charge in [0.25, 0.3) is 0 Å². The quantitative estimate of drug-likeness (QED) is 0.712. The number of nitrogens with one attached hydrogen (secondary N) is 1. The van der Waals surface area contributed by atoms with Crippen LogP contribution in [0, 0.1) is 0 Å². The Morgan fingerprint density at radius 2 is 2.45 bits per heavy atom. The van der Waals surface area contributed by atoms with Gasteiger partial charge in [-0.25, -0.2) is 0 Å². The van der Waals surface area contributed by atoms with E-state index in [1.807, 2.05) is 11.7 Å². The third-order valence-electron chi connectivity index (χ3n) is 1.99. The molecule has 0 aromatic carbocycles. The standard InChI is InChI=1S/C7H10BrN3/c1-11-7-5(6(8)10-11)3-2-4-9-7/h9H,2-4H2,1H3. The van der Waals surface area contributed by atoms with Crippen molar-refractivity contribution in [3.05, 3.63) is 10.2 Å². The van der Waals surface area contributed by atoms with E-state index in [9.17, 15) is 0 Å². The maximum Gasteiger partial charge on any atom is 0.133 e. The minimum absolute atomic E-state index is 0.988. The van der Waals surface area contributed by atoms with Crippen molar-refractivity contribution < 1.29 is 0 Å². The lowest BCUT2D eigenvalue weighted by Crippen LogP contribution is -2.13. The molecule has 0 unspecified atom stereocenters. The smallest absolute Gasteiger partial charge is 0.133 e. The molecule has 1 aromatic heterocycles. The van der Waals surface area contributed by atoms with Gasteiger partial charge in [0.2, 0.25) is 0 Å². The minimum atomic E-state index is 0.988. The molecule has 0 fully saturated rings. The second kappa shape index (κ2) is 2.52. The van der Waals surface area contributed by atoms with Crippen LogP contribution in [-0.4, -0.2) is 16.3 Å². The number of aromatic nitrogens is 2. The maximum absolute atomic E-state index is 4.26. The van der Waals surface area contributed by atoms with E-state index in [1.54, 1.807) is 0 Å². The second-order valence-electron chi connectivity index (χ2n) is 2.77. The summed E-state index contributed by atoms with van der Waals surface area (Å²) in [5.41, 5.74) is 1.32. The van der Waals surface area contributed by atoms with Crippen LogP contribution in [0.15, 0.2) is 4.60 Å². The normalized spacial score (nSPS) is 15.8. The Morgan fingerprint density at radius 1 is 1.64 bits per heavy atom. The zero-order valence-electron chi connectivity index (χ0n) is 6.39. The Kier molecular flexibility index (Phi) is 1.64. The van der Waals surface area contributed by atoms with Crippen molar-refractivity contribution in [2.75, 3.05) is 11.9 Å². The molecule has 1 N–H and O–H groups in total. The van der Waals surface area contributed by atoms with Crippen molar-refractivity contribution in [1.29, 1.82) is 0 Å². The summed E-state index contributed by atoms with van der Waals surface area (Å²) in [6.07, 6.45) is 2.34. The molecule has 11 heavy (non-hydrogen) atoms. The molecule has 0 saturated heterocycles. The molecule has 1 aromatic rings. The number of nitrogens with zero attached hydrogens (tertiary/aromatic N) is 2. The van der Waals surface area contributed by atoms with Gasteiger partial charge in [-0.2, -0.15) is 5.10 Å². The van der Waals surface area contributed by atoms with Crippen LogP contribution in [0.3, 0.4) is 0 Å². The van der Waals surface area contributed by atoms with E-state index in [0.29, 0.717) is 0 Å². The first-order chi connectivity index (χ1) is 5.29. The molecular formula is C7H10BrN3. The van der Waals surface area contributed by atoms with Gasteiger partial charge in [0, 0.05) is 19.2 Å². The van der Waals surface area contributed by atoms with Crippen LogP contribution in [0.2, 0.25) is 0 Å². The molecule has 0 atom stereocenters. The summed E-state index contributed by atoms with van der Waals surface area (Å²) < 4.78 is 2.88. The van der Waals surface area contributed by atoms with Crippen LogP contribution in [0.1, 0.15) is 12.0 Å². The average Bonchev–Trinajstić information content (AvgIpc) is 2.30. The molecule has 3 nitrogen and oxygen atoms in total. The van der Waals surface area contributed by atoms with Crippen LogP contribution < -0.4 is 5.32 Å². The lowest BCUT2D eigenvalue weighted by molar-refractivity contribution is 0.747. The Bertz CT molecular complexity index is 253. The van der Waals surface area contributed by atoms with Gasteiger partial charge in [0.05, 0.1) is 0 Å². The van der Waals surface area contributed by atoms with Gasteiger partial charge in [-0.15, -0.1) is 0 Å². The zero-order valence-corrected chi connectivity index (χ0v) is 7.98. The van der Waals surface area contributed by atoms with Gasteiger partial charge in [-0.1, -0.05) is 0 Å². The van der Waals surface area contributed by atoms with Crippen molar-refractivity contribution in [2.24, 2.45) is 7.05 Å². The number of halogens is 1. The summed E-state index contributed by atoms with van der Waals surface area (Å²) in [6.45, 7) is 1.07. The molecule has 1 aliphatic heterocycles. The number of fused-ring (bicyclic) bond motifs is 1. The highest BCUT2D eigenvalue weighted by Gasteiger charge is 2.16. The number of anilines is 1. The minimum Gasteiger partial charge on any atom is -0.370 e. The SMILES string of the molecule is Cn1nc(Br)c2c1NCCC2. The van der Waals surface area contributed by atoms with Crippen LogP contribution >= 0.6 is 15.9 Å². The van der Waals surface area contributed by atoms with E-state index in [1.165, 1.54) is 17.8 Å². The van der Waals surface area contributed by atoms with E-state index >= 15 is 0 Å². The molecule has 60 valence electrons. The molecule has 0 saturated carbocycles. The summed E-state index contributed by atoms with van der Waals surface area (Å²) in [5, 5.41) is 7.59. The van der Waals surface area contributed by atoms with Gasteiger partial charge in [0.15, 0.2) is 0 Å². The zero-order chi connectivity index (χ0) is 7.84. The van der Waals surface area contributed by atoms with E-state index in [2.05, 4.69) is 26.3 Å². The Labute approximate surface area is 73.9 Å². The summed E-state index contributed by atoms with van der Waals surface area (Å²) in [7, 11) is 1.96. The molecule has 2 rings (SSSR count). The van der Waals surface area contributed by atoms with Crippen molar-refractivity contribution in [3.8, 4) is 0 Å². The first kappa shape index (κ1) is 7.16. The first-order valence-electron chi connectivity index (χ1n) is 3.74. The van der Waals surface area contributed by atoms with E-state index < -0.39 is 0 Å². The highest BCUT2D eigenvalue weighted by Crippen LogP contribution is 2.27. The summed E-state index contributed by atoms with van der Waals surface area (Å²) in [6, 6.07) is 0. The topological polar surface area (TPSA) is 29.9 Å². The third-order valence-corrected chi connectivity index (χ3v) is 2.63. The summed E-state index contributed by atoms with van der Waals surface area (Å²) >= 11 is 3.43. The van der Waals surface area contributed by atoms with Gasteiger partial charge in [0.1, 0.15) is 10.4 Å². The summed E-state index contributed by atoms with van der Waals surface area (Å²) in [5.74, 6) is 1.17. The largest absolute Gasteiger partial charge is 0.370 e. The molecule has 0 bridgehead atoms. The van der Waals surface area contributed by atoms with Gasteiger partial charge >= 0.3 is 0 Å². The molecular weight excluding hydrogens is 206 g/mol. The molecule has 0 amide bonds. The fourth-order valence-electron chi connectivity index (χ4n) is 1.45. The lowest BCUT2D eigenvalue weighted by Gasteiger charge is -2.14. The first-order valence-corrected chi connectivity index (χ1v) is 4.53. The fraction of sp³-hybridized carbons (Fsp3) is 0.571. The molecule has 1 aliphatic rings. The fourth-order valence-corrected chi connectivity index (χ4v) is 2.07. The van der Waals surface area contributed by atoms with Crippen molar-refractivity contribution in [3.63, 3.8) is 0 Å². The van der Waals surface area contributed by atoms with E-state index in [0.717, 1.165) is 17.6 Å². The number of hydrogen-bond donors (Lipinski definition) is 1. The Morgan fingerprint density at radius 3 is 3.18 bits per heavy atom. The van der Waals surface area contributed by atoms with Crippen molar-refractivity contribution in [2.45, 2.75) is 12.8 Å². The van der Waals surface area contributed by atoms with Crippen LogP contribution in [0.25, 0.3) is 0 Å². The highest BCUT2D eigenvalue weighted by molar-refractivity contribution is 9.10.